The highest BCUT2D eigenvalue weighted by Crippen LogP contribution is 2.11. The van der Waals surface area contributed by atoms with Gasteiger partial charge in [0.15, 0.2) is 5.82 Å². The number of nitrogens with zero attached hydrogens (tertiary/aromatic N) is 3. The highest BCUT2D eigenvalue weighted by molar-refractivity contribution is 5.89. The fourth-order valence-corrected chi connectivity index (χ4v) is 1.17. The van der Waals surface area contributed by atoms with Crippen molar-refractivity contribution in [1.82, 2.24) is 20.2 Å². The van der Waals surface area contributed by atoms with E-state index in [-0.39, 0.29) is 0 Å². The summed E-state index contributed by atoms with van der Waals surface area (Å²) >= 11 is 0. The number of carbonyl (C=O) groups is 1. The molecule has 112 valence electrons. The minimum atomic E-state index is -0.425. The van der Waals surface area contributed by atoms with Gasteiger partial charge in [0.25, 0.3) is 5.91 Å². The third kappa shape index (κ3) is 6.84. The Kier molecular flexibility index (Phi) is 9.68. The van der Waals surface area contributed by atoms with Gasteiger partial charge in [-0.1, -0.05) is 57.4 Å². The second-order valence-electron chi connectivity index (χ2n) is 3.33. The van der Waals surface area contributed by atoms with Crippen molar-refractivity contribution in [3.05, 3.63) is 61.8 Å². The van der Waals surface area contributed by atoms with Crippen LogP contribution in [0, 0.1) is 0 Å². The van der Waals surface area contributed by atoms with Gasteiger partial charge >= 0.3 is 0 Å². The maximum Gasteiger partial charge on any atom is 0.259 e. The van der Waals surface area contributed by atoms with Gasteiger partial charge in [-0.05, 0) is 0 Å². The molecule has 0 bridgehead atoms. The van der Waals surface area contributed by atoms with Crippen molar-refractivity contribution in [2.75, 3.05) is 0 Å². The summed E-state index contributed by atoms with van der Waals surface area (Å²) in [5.41, 5.74) is 2.76. The molecule has 1 rings (SSSR count). The summed E-state index contributed by atoms with van der Waals surface area (Å²) in [5.74, 6) is 5.03. The van der Waals surface area contributed by atoms with E-state index in [2.05, 4.69) is 23.2 Å². The number of nitrogens with two attached hydrogens (primary N) is 1. The molecule has 6 heteroatoms. The number of nitrogens with one attached hydrogen (secondary N) is 1. The molecule has 21 heavy (non-hydrogen) atoms. The van der Waals surface area contributed by atoms with E-state index in [1.165, 1.54) is 23.3 Å². The van der Waals surface area contributed by atoms with Gasteiger partial charge in [-0.2, -0.15) is 0 Å². The van der Waals surface area contributed by atoms with E-state index in [9.17, 15) is 4.79 Å². The largest absolute Gasteiger partial charge is 0.291 e. The number of hydrogen-bond donors (Lipinski definition) is 2. The first kappa shape index (κ1) is 18.3. The zero-order chi connectivity index (χ0) is 16.1. The fraction of sp³-hybridized carbons (Fsp3) is 0.133. The zero-order valence-electron chi connectivity index (χ0n) is 12.4. The second kappa shape index (κ2) is 11.1. The maximum absolute atomic E-state index is 10.9. The van der Waals surface area contributed by atoms with Gasteiger partial charge in [0.05, 0.1) is 0 Å². The average Bonchev–Trinajstić information content (AvgIpc) is 2.99. The summed E-state index contributed by atoms with van der Waals surface area (Å²) in [7, 11) is 0. The van der Waals surface area contributed by atoms with Crippen molar-refractivity contribution < 1.29 is 4.79 Å². The van der Waals surface area contributed by atoms with E-state index in [0.29, 0.717) is 5.82 Å². The number of aromatic nitrogens is 3. The van der Waals surface area contributed by atoms with Crippen molar-refractivity contribution >= 4 is 17.7 Å². The van der Waals surface area contributed by atoms with Gasteiger partial charge in [0.1, 0.15) is 6.33 Å². The molecule has 6 nitrogen and oxygen atoms in total. The Morgan fingerprint density at radius 2 is 2.05 bits per heavy atom. The molecule has 0 saturated heterocycles. The number of carbonyl (C=O) groups excluding carboxylic acids is 1. The van der Waals surface area contributed by atoms with Crippen LogP contribution in [0.15, 0.2) is 55.9 Å². The summed E-state index contributed by atoms with van der Waals surface area (Å²) in [6, 6.07) is 0. The molecule has 3 N–H and O–H groups in total. The predicted octanol–water partition coefficient (Wildman–Crippen LogP) is 2.08. The first-order valence-electron chi connectivity index (χ1n) is 6.43. The molecule has 0 radical (unpaired) electrons. The second-order valence-corrected chi connectivity index (χ2v) is 3.33. The van der Waals surface area contributed by atoms with Gasteiger partial charge in [-0.3, -0.25) is 10.2 Å². The lowest BCUT2D eigenvalue weighted by atomic mass is 10.2. The standard InChI is InChI=1S/C13H15N5O.C2H6/c1-3-5-7-11(6-4-2)13-15-10-18(17-13)9-8-12(19)16-14;1-2/h3-10H,1-2,14H2,(H,16,19);1-2H3/b7-5-,9-8-,11-6+;. The Morgan fingerprint density at radius 1 is 1.33 bits per heavy atom. The van der Waals surface area contributed by atoms with Crippen LogP contribution in [0.5, 0.6) is 0 Å². The fourth-order valence-electron chi connectivity index (χ4n) is 1.17. The molecule has 0 aliphatic rings. The van der Waals surface area contributed by atoms with Gasteiger partial charge in [0.2, 0.25) is 0 Å². The molecule has 0 spiro atoms. The van der Waals surface area contributed by atoms with Crippen molar-refractivity contribution in [2.24, 2.45) is 5.84 Å². The Morgan fingerprint density at radius 3 is 2.62 bits per heavy atom. The number of hydrogen-bond acceptors (Lipinski definition) is 4. The normalized spacial score (nSPS) is 11.1. The van der Waals surface area contributed by atoms with Crippen LogP contribution in [-0.2, 0) is 4.79 Å². The van der Waals surface area contributed by atoms with Crippen molar-refractivity contribution in [3.63, 3.8) is 0 Å². The van der Waals surface area contributed by atoms with Crippen LogP contribution in [0.25, 0.3) is 11.8 Å². The highest BCUT2D eigenvalue weighted by Gasteiger charge is 2.02. The smallest absolute Gasteiger partial charge is 0.259 e. The van der Waals surface area contributed by atoms with E-state index in [1.54, 1.807) is 24.3 Å². The molecule has 1 amide bonds. The van der Waals surface area contributed by atoms with Crippen LogP contribution >= 0.6 is 0 Å². The predicted molar refractivity (Wildman–Crippen MR) is 86.5 cm³/mol. The van der Waals surface area contributed by atoms with Crippen molar-refractivity contribution in [2.45, 2.75) is 13.8 Å². The quantitative estimate of drug-likeness (QED) is 0.276. The molecule has 1 heterocycles. The molecule has 1 aromatic rings. The van der Waals surface area contributed by atoms with Gasteiger partial charge in [-0.15, -0.1) is 5.10 Å². The van der Waals surface area contributed by atoms with Gasteiger partial charge < -0.3 is 0 Å². The molecule has 0 unspecified atom stereocenters. The van der Waals surface area contributed by atoms with Crippen LogP contribution in [0.4, 0.5) is 0 Å². The van der Waals surface area contributed by atoms with E-state index < -0.39 is 5.91 Å². The maximum atomic E-state index is 10.9. The summed E-state index contributed by atoms with van der Waals surface area (Å²) in [4.78, 5) is 15.1. The molecule has 0 aliphatic heterocycles. The van der Waals surface area contributed by atoms with Crippen LogP contribution < -0.4 is 11.3 Å². The Bertz CT molecular complexity index is 552. The Hall–Kier alpha value is -2.73. The summed E-state index contributed by atoms with van der Waals surface area (Å²) in [6.45, 7) is 11.2. The van der Waals surface area contributed by atoms with Crippen LogP contribution in [0.2, 0.25) is 0 Å². The zero-order valence-corrected chi connectivity index (χ0v) is 12.4. The van der Waals surface area contributed by atoms with Crippen LogP contribution in [0.1, 0.15) is 19.7 Å². The molecule has 0 saturated carbocycles. The molecule has 0 aliphatic carbocycles. The van der Waals surface area contributed by atoms with E-state index in [1.807, 2.05) is 25.3 Å². The summed E-state index contributed by atoms with van der Waals surface area (Å²) in [6.07, 6.45) is 12.8. The van der Waals surface area contributed by atoms with E-state index in [0.717, 1.165) is 5.57 Å². The third-order valence-corrected chi connectivity index (χ3v) is 2.00. The molecular weight excluding hydrogens is 266 g/mol. The molecule has 0 aromatic carbocycles. The van der Waals surface area contributed by atoms with Crippen LogP contribution in [-0.4, -0.2) is 20.7 Å². The molecule has 1 aromatic heterocycles. The lowest BCUT2D eigenvalue weighted by Gasteiger charge is -1.94. The monoisotopic (exact) mass is 287 g/mol. The minimum absolute atomic E-state index is 0.425. The lowest BCUT2D eigenvalue weighted by Crippen LogP contribution is -2.28. The first-order valence-corrected chi connectivity index (χ1v) is 6.43. The molecule has 0 fully saturated rings. The summed E-state index contributed by atoms with van der Waals surface area (Å²) in [5, 5.41) is 4.18. The van der Waals surface area contributed by atoms with Crippen molar-refractivity contribution in [1.29, 1.82) is 0 Å². The number of hydrazine groups is 1. The van der Waals surface area contributed by atoms with E-state index >= 15 is 0 Å². The number of allylic oxidation sites excluding steroid dienone is 6. The highest BCUT2D eigenvalue weighted by atomic mass is 16.2. The SMILES string of the molecule is C=C/C=C\C(=C/C=C)c1ncn(/C=C\C(=O)NN)n1.CC. The summed E-state index contributed by atoms with van der Waals surface area (Å²) < 4.78 is 1.41. The van der Waals surface area contributed by atoms with Crippen LogP contribution in [0.3, 0.4) is 0 Å². The van der Waals surface area contributed by atoms with Gasteiger partial charge in [-0.25, -0.2) is 15.5 Å². The minimum Gasteiger partial charge on any atom is -0.291 e. The van der Waals surface area contributed by atoms with Gasteiger partial charge in [0, 0.05) is 17.8 Å². The Labute approximate surface area is 125 Å². The Balaban J connectivity index is 0.00000191. The lowest BCUT2D eigenvalue weighted by molar-refractivity contribution is -0.116. The topological polar surface area (TPSA) is 85.8 Å². The molecule has 0 atom stereocenters. The van der Waals surface area contributed by atoms with Crippen molar-refractivity contribution in [3.8, 4) is 0 Å². The number of rotatable bonds is 6. The molecular formula is C15H21N5O. The van der Waals surface area contributed by atoms with E-state index in [4.69, 9.17) is 5.84 Å². The first-order chi connectivity index (χ1) is 10.2. The average molecular weight is 287 g/mol. The number of amides is 1. The third-order valence-electron chi connectivity index (χ3n) is 2.00.